The van der Waals surface area contributed by atoms with Crippen LogP contribution in [0, 0.1) is 32.4 Å². The van der Waals surface area contributed by atoms with E-state index in [0.29, 0.717) is 70.5 Å². The van der Waals surface area contributed by atoms with Crippen LogP contribution in [0.1, 0.15) is 74.9 Å². The van der Waals surface area contributed by atoms with Crippen LogP contribution in [-0.2, 0) is 141 Å². The number of hydrogen-bond donors (Lipinski definition) is 0. The van der Waals surface area contributed by atoms with Gasteiger partial charge in [0.25, 0.3) is 0 Å². The minimum absolute atomic E-state index is 0.0236. The van der Waals surface area contributed by atoms with E-state index in [4.69, 9.17) is 0 Å². The Morgan fingerprint density at radius 1 is 0.244 bits per heavy atom. The fourth-order valence-electron chi connectivity index (χ4n) is 12.7. The molecule has 0 bridgehead atoms. The Morgan fingerprint density at radius 3 is 0.618 bits per heavy atom. The molecule has 12 aromatic rings. The summed E-state index contributed by atoms with van der Waals surface area (Å²) >= 11 is 0. The Balaban J connectivity index is 0.000000197. The Morgan fingerprint density at radius 2 is 0.427 bits per heavy atom. The molecule has 0 saturated carbocycles. The molecule has 0 heterocycles. The van der Waals surface area contributed by atoms with Gasteiger partial charge in [-0.3, -0.25) is 0 Å². The van der Waals surface area contributed by atoms with Crippen LogP contribution in [-0.4, -0.2) is 114 Å². The average molecular weight is 2040 g/mol. The van der Waals surface area contributed by atoms with Gasteiger partial charge in [0, 0.05) is 110 Å². The summed E-state index contributed by atoms with van der Waals surface area (Å²) in [6.45, 7) is 13.9. The first-order chi connectivity index (χ1) is 60.4. The maximum Gasteiger partial charge on any atom is 0.416 e. The Bertz CT molecular complexity index is 6950. The van der Waals surface area contributed by atoms with Gasteiger partial charge in [-0.1, -0.05) is 62.4 Å². The van der Waals surface area contributed by atoms with E-state index in [1.165, 1.54) is 123 Å². The van der Waals surface area contributed by atoms with E-state index < -0.39 is 180 Å². The summed E-state index contributed by atoms with van der Waals surface area (Å²) in [7, 11) is -33.3. The summed E-state index contributed by atoms with van der Waals surface area (Å²) in [4.78, 5) is 5.35. The molecule has 0 N–H and O–H groups in total. The highest BCUT2D eigenvalue weighted by Gasteiger charge is 2.42. The minimum Gasteiger partial charge on any atom is -0.224 e. The SMILES string of the molecule is CCS(=O)(=O)c1cccc([S+](c2cc(C)cc(C(F)(F)F)c2)c2cccc(S(=O)(=O)CC)c2)c1.CS(=O)(=O)c1cccc([S+](c2cc(F)cc(F)c2)c2cccc(S(C)(=O)=O)c2)c1.Cc1cc([S+](c2cccc(S(=O)(=O)C(C)C)c2)c2cccc(S(=O)(=O)C(C)C)c2)cc(C(F)(F)F)c1.Cc1cc([S+](c2cccc(S(C)(=O)=O)c2)c2cccc(S(C)(=O)=O)c2)cc(C(F)(F)F)c1. The molecule has 39 heteroatoms. The Kier molecular flexibility index (Phi) is 33.3. The molecule has 0 saturated heterocycles. The fourth-order valence-corrected chi connectivity index (χ4v) is 29.1. The molecule has 698 valence electrons. The van der Waals surface area contributed by atoms with Gasteiger partial charge in [0.1, 0.15) is 11.6 Å². The number of benzene rings is 12. The third kappa shape index (κ3) is 27.1. The summed E-state index contributed by atoms with van der Waals surface area (Å²) in [5, 5.41) is -1.38. The van der Waals surface area contributed by atoms with Crippen molar-refractivity contribution in [2.45, 2.75) is 189 Å². The van der Waals surface area contributed by atoms with E-state index in [-0.39, 0.29) is 55.6 Å². The first kappa shape index (κ1) is 106. The van der Waals surface area contributed by atoms with E-state index in [0.717, 1.165) is 79.6 Å². The Labute approximate surface area is 769 Å². The van der Waals surface area contributed by atoms with Crippen LogP contribution in [0.3, 0.4) is 0 Å². The zero-order valence-corrected chi connectivity index (χ0v) is 81.9. The van der Waals surface area contributed by atoms with Crippen molar-refractivity contribution in [3.05, 3.63) is 312 Å². The fraction of sp³-hybridized carbons (Fsp3) is 0.217. The largest absolute Gasteiger partial charge is 0.416 e. The lowest BCUT2D eigenvalue weighted by Crippen LogP contribution is -2.16. The first-order valence-electron chi connectivity index (χ1n) is 39.0. The summed E-state index contributed by atoms with van der Waals surface area (Å²) in [5.74, 6) is -1.82. The van der Waals surface area contributed by atoms with Crippen molar-refractivity contribution < 1.29 is 116 Å². The molecule has 12 aromatic carbocycles. The first-order valence-corrected chi connectivity index (χ1v) is 57.8. The van der Waals surface area contributed by atoms with Crippen molar-refractivity contribution in [2.75, 3.05) is 36.5 Å². The standard InChI is InChI=1S/C26H28F3O4S3.C24H24F3O4S3.C22H20F3O4S3.C20H17F2O4S3/c1-17(2)35(30,31)24-10-6-8-21(15-24)34(23-13-19(5)12-20(14-23)26(27,28)29)22-9-7-11-25(16-22)36(32,33)18(3)4;1-4-33(28,29)22-10-6-8-19(15-22)32(20-9-7-11-23(16-20)34(30,31)5-2)21-13-17(3)12-18(14-21)24(25,26)27;1-15-10-16(22(23,24)25)12-19(11-15)30(17-6-4-8-20(13-17)31(2,26)27)18-7-5-9-21(14-18)32(3,28)29;1-28(23,24)19-7-3-5-16(12-19)27(18-10-14(21)9-15(22)11-18)17-6-4-8-20(13-17)29(2,25)26/h6-18H,1-5H3;6-16H,4-5H2,1-3H3;4-14H,1-3H3;3-13H,1-2H3/q4*+1. The second-order valence-corrected chi connectivity index (χ2v) is 56.0. The molecule has 0 unspecified atom stereocenters. The molecule has 131 heavy (non-hydrogen) atoms. The third-order valence-electron chi connectivity index (χ3n) is 19.3. The van der Waals surface area contributed by atoms with E-state index >= 15 is 0 Å². The van der Waals surface area contributed by atoms with Gasteiger partial charge in [0.05, 0.1) is 121 Å². The zero-order valence-electron chi connectivity index (χ0n) is 72.1. The molecule has 0 aliphatic rings. The van der Waals surface area contributed by atoms with Crippen LogP contribution in [0.4, 0.5) is 48.3 Å². The van der Waals surface area contributed by atoms with Gasteiger partial charge in [0.2, 0.25) is 0 Å². The van der Waals surface area contributed by atoms with Gasteiger partial charge in [0.15, 0.2) is 137 Å². The number of alkyl halides is 9. The highest BCUT2D eigenvalue weighted by Crippen LogP contribution is 2.44. The monoisotopic (exact) mass is 2040 g/mol. The molecule has 0 aliphatic heterocycles. The van der Waals surface area contributed by atoms with Crippen LogP contribution in [0.2, 0.25) is 0 Å². The van der Waals surface area contributed by atoms with E-state index in [1.54, 1.807) is 152 Å². The van der Waals surface area contributed by atoms with E-state index in [2.05, 4.69) is 0 Å². The molecule has 0 spiro atoms. The highest BCUT2D eigenvalue weighted by molar-refractivity contribution is 7.99. The number of halogens is 11. The summed E-state index contributed by atoms with van der Waals surface area (Å²) in [6.07, 6.45) is -9.50. The molecule has 0 radical (unpaired) electrons. The lowest BCUT2D eigenvalue weighted by Gasteiger charge is -2.15. The molecule has 0 aromatic heterocycles. The molecule has 0 atom stereocenters. The number of sulfone groups is 8. The highest BCUT2D eigenvalue weighted by atomic mass is 32.2. The molecular weight excluding hydrogens is 1950 g/mol. The van der Waals surface area contributed by atoms with E-state index in [1.807, 2.05) is 0 Å². The van der Waals surface area contributed by atoms with Crippen LogP contribution in [0.15, 0.2) is 365 Å². The molecular formula is C92H89F11O16S12+4. The number of hydrogen-bond acceptors (Lipinski definition) is 16. The van der Waals surface area contributed by atoms with Crippen LogP contribution in [0.5, 0.6) is 0 Å². The second kappa shape index (κ2) is 41.4. The number of rotatable bonds is 24. The maximum absolute atomic E-state index is 13.9. The quantitative estimate of drug-likeness (QED) is 0.0402. The van der Waals surface area contributed by atoms with Crippen molar-refractivity contribution in [1.82, 2.24) is 0 Å². The van der Waals surface area contributed by atoms with Crippen molar-refractivity contribution >= 4 is 122 Å². The average Bonchev–Trinajstić information content (AvgIpc) is 0.758. The topological polar surface area (TPSA) is 273 Å². The third-order valence-corrected chi connectivity index (χ3v) is 40.2. The molecule has 0 amide bonds. The molecule has 16 nitrogen and oxygen atoms in total. The number of aryl methyl sites for hydroxylation is 3. The van der Waals surface area contributed by atoms with Gasteiger partial charge in [-0.05, 0) is 199 Å². The van der Waals surface area contributed by atoms with Crippen molar-refractivity contribution in [3.63, 3.8) is 0 Å². The van der Waals surface area contributed by atoms with Gasteiger partial charge < -0.3 is 0 Å². The van der Waals surface area contributed by atoms with E-state index in [9.17, 15) is 116 Å². The predicted molar refractivity (Wildman–Crippen MR) is 488 cm³/mol. The van der Waals surface area contributed by atoms with Gasteiger partial charge in [-0.2, -0.15) is 39.5 Å². The molecule has 12 rings (SSSR count). The summed E-state index contributed by atoms with van der Waals surface area (Å²) in [5.41, 5.74) is -1.33. The molecule has 0 aliphatic carbocycles. The van der Waals surface area contributed by atoms with Crippen LogP contribution >= 0.6 is 0 Å². The summed E-state index contributed by atoms with van der Waals surface area (Å²) < 4.78 is 348. The maximum atomic E-state index is 13.9. The van der Waals surface area contributed by atoms with Gasteiger partial charge >= 0.3 is 18.5 Å². The van der Waals surface area contributed by atoms with Crippen molar-refractivity contribution in [1.29, 1.82) is 0 Å². The van der Waals surface area contributed by atoms with Crippen LogP contribution < -0.4 is 0 Å². The summed E-state index contributed by atoms with van der Waals surface area (Å²) in [6, 6.07) is 62.6. The van der Waals surface area contributed by atoms with Crippen molar-refractivity contribution in [3.8, 4) is 0 Å². The van der Waals surface area contributed by atoms with Crippen LogP contribution in [0.25, 0.3) is 0 Å². The molecule has 0 fully saturated rings. The normalized spacial score (nSPS) is 12.8. The lowest BCUT2D eigenvalue weighted by molar-refractivity contribution is -0.138. The smallest absolute Gasteiger partial charge is 0.224 e. The second-order valence-electron chi connectivity index (χ2n) is 30.3. The zero-order chi connectivity index (χ0) is 97.7. The van der Waals surface area contributed by atoms with Crippen molar-refractivity contribution in [2.24, 2.45) is 0 Å². The minimum atomic E-state index is -4.58. The van der Waals surface area contributed by atoms with Gasteiger partial charge in [-0.25, -0.2) is 76.1 Å². The predicted octanol–water partition coefficient (Wildman–Crippen LogP) is 21.0. The lowest BCUT2D eigenvalue weighted by atomic mass is 10.1. The Hall–Kier alpha value is -9.13. The van der Waals surface area contributed by atoms with Gasteiger partial charge in [-0.15, -0.1) is 0 Å².